The van der Waals surface area contributed by atoms with Gasteiger partial charge in [-0.2, -0.15) is 0 Å². The quantitative estimate of drug-likeness (QED) is 0.199. The van der Waals surface area contributed by atoms with Crippen molar-refractivity contribution < 1.29 is 0 Å². The first-order chi connectivity index (χ1) is 22.3. The Morgan fingerprint density at radius 2 is 0.956 bits per heavy atom. The summed E-state index contributed by atoms with van der Waals surface area (Å²) in [5, 5.41) is 4.79. The monoisotopic (exact) mass is 616 g/mol. The molecule has 218 valence electrons. The minimum atomic E-state index is -0.564. The molecular weight excluding hydrogens is 584 g/mol. The van der Waals surface area contributed by atoms with E-state index in [9.17, 15) is 0 Å². The lowest BCUT2D eigenvalue weighted by Crippen LogP contribution is -2.07. The third kappa shape index (κ3) is 4.70. The van der Waals surface area contributed by atoms with Crippen LogP contribution in [0.25, 0.3) is 16.5 Å². The van der Waals surface area contributed by atoms with Crippen molar-refractivity contribution in [2.45, 2.75) is 32.1 Å². The summed E-state index contributed by atoms with van der Waals surface area (Å²) >= 11 is 1.88. The highest BCUT2D eigenvalue weighted by Gasteiger charge is 2.28. The van der Waals surface area contributed by atoms with Crippen LogP contribution in [0.3, 0.4) is 0 Å². The lowest BCUT2D eigenvalue weighted by atomic mass is 10.0. The molecule has 7 aromatic rings. The Morgan fingerprint density at radius 1 is 0.489 bits per heavy atom. The smallest absolute Gasteiger partial charge is 0.0476 e. The first kappa shape index (κ1) is 26.8. The van der Waals surface area contributed by atoms with Gasteiger partial charge in [-0.1, -0.05) is 98.5 Å². The van der Waals surface area contributed by atoms with E-state index in [2.05, 4.69) is 137 Å². The Bertz CT molecular complexity index is 2140. The molecule has 0 radical (unpaired) electrons. The summed E-state index contributed by atoms with van der Waals surface area (Å²) in [4.78, 5) is 7.87. The number of H-pyrrole nitrogens is 2. The highest BCUT2D eigenvalue weighted by atomic mass is 32.1. The molecule has 3 aromatic carbocycles. The molecular formula is C41H33N2PS. The fourth-order valence-electron chi connectivity index (χ4n) is 7.49. The third-order valence-electron chi connectivity index (χ3n) is 9.44. The maximum atomic E-state index is 3.94. The van der Waals surface area contributed by atoms with Gasteiger partial charge in [-0.3, -0.25) is 0 Å². The molecule has 0 spiro atoms. The molecule has 45 heavy (non-hydrogen) atoms. The van der Waals surface area contributed by atoms with E-state index in [0.29, 0.717) is 0 Å². The fraction of sp³-hybridized carbons (Fsp3) is 0.122. The van der Waals surface area contributed by atoms with Crippen molar-refractivity contribution in [1.82, 2.24) is 9.97 Å². The highest BCUT2D eigenvalue weighted by molar-refractivity contribution is 7.59. The van der Waals surface area contributed by atoms with Crippen molar-refractivity contribution >= 4 is 30.0 Å². The zero-order valence-corrected chi connectivity index (χ0v) is 26.7. The van der Waals surface area contributed by atoms with Gasteiger partial charge in [-0.25, -0.2) is 0 Å². The number of rotatable bonds is 3. The van der Waals surface area contributed by atoms with E-state index in [1.165, 1.54) is 78.7 Å². The van der Waals surface area contributed by atoms with Crippen LogP contribution >= 0.6 is 18.9 Å². The molecule has 0 amide bonds. The van der Waals surface area contributed by atoms with E-state index >= 15 is 0 Å². The summed E-state index contributed by atoms with van der Waals surface area (Å²) < 4.78 is 2.54. The number of hydrogen-bond donors (Lipinski definition) is 2. The number of benzene rings is 3. The molecule has 2 aliphatic rings. The topological polar surface area (TPSA) is 31.6 Å². The minimum Gasteiger partial charge on any atom is -0.358 e. The molecule has 0 fully saturated rings. The molecule has 5 heterocycles. The number of nitrogens with one attached hydrogen (secondary N) is 2. The van der Waals surface area contributed by atoms with Crippen LogP contribution in [0.1, 0.15) is 62.0 Å². The Labute approximate surface area is 268 Å². The summed E-state index contributed by atoms with van der Waals surface area (Å²) in [6, 6.07) is 47.0. The van der Waals surface area contributed by atoms with Gasteiger partial charge in [0.15, 0.2) is 0 Å². The van der Waals surface area contributed by atoms with Crippen LogP contribution in [0.2, 0.25) is 0 Å². The average molecular weight is 617 g/mol. The van der Waals surface area contributed by atoms with Crippen molar-refractivity contribution in [3.05, 3.63) is 192 Å². The number of hydrogen-bond acceptors (Lipinski definition) is 1. The van der Waals surface area contributed by atoms with Gasteiger partial charge in [0.25, 0.3) is 0 Å². The number of thiophene rings is 1. The van der Waals surface area contributed by atoms with Gasteiger partial charge in [0.2, 0.25) is 0 Å². The van der Waals surface area contributed by atoms with Crippen molar-refractivity contribution in [1.29, 1.82) is 0 Å². The Morgan fingerprint density at radius 3 is 1.44 bits per heavy atom. The van der Waals surface area contributed by atoms with Gasteiger partial charge < -0.3 is 9.97 Å². The lowest BCUT2D eigenvalue weighted by molar-refractivity contribution is 0.901. The van der Waals surface area contributed by atoms with E-state index < -0.39 is 7.53 Å². The molecule has 1 aliphatic carbocycles. The fourth-order valence-corrected chi connectivity index (χ4v) is 11.8. The molecule has 8 bridgehead atoms. The predicted octanol–water partition coefficient (Wildman–Crippen LogP) is 8.86. The van der Waals surface area contributed by atoms with Crippen molar-refractivity contribution in [2.75, 3.05) is 0 Å². The van der Waals surface area contributed by atoms with Crippen LogP contribution in [0.4, 0.5) is 0 Å². The molecule has 4 aromatic heterocycles. The Kier molecular flexibility index (Phi) is 6.62. The second-order valence-electron chi connectivity index (χ2n) is 12.2. The third-order valence-corrected chi connectivity index (χ3v) is 13.3. The molecule has 4 heteroatoms. The molecule has 0 atom stereocenters. The summed E-state index contributed by atoms with van der Waals surface area (Å²) in [7, 11) is -0.564. The Balaban J connectivity index is 1.36. The minimum absolute atomic E-state index is 0.564. The summed E-state index contributed by atoms with van der Waals surface area (Å²) in [5.41, 5.74) is 13.3. The van der Waals surface area contributed by atoms with E-state index in [1.807, 2.05) is 11.3 Å². The molecule has 2 N–H and O–H groups in total. The van der Waals surface area contributed by atoms with Crippen LogP contribution in [-0.2, 0) is 25.7 Å². The van der Waals surface area contributed by atoms with Crippen LogP contribution < -0.4 is 9.06 Å². The molecule has 2 nitrogen and oxygen atoms in total. The second kappa shape index (κ2) is 11.1. The normalized spacial score (nSPS) is 16.5. The van der Waals surface area contributed by atoms with E-state index in [0.717, 1.165) is 12.8 Å². The molecule has 0 saturated carbocycles. The van der Waals surface area contributed by atoms with Gasteiger partial charge in [-0.05, 0) is 93.8 Å². The summed E-state index contributed by atoms with van der Waals surface area (Å²) in [5.74, 6) is 0. The Hall–Kier alpha value is -4.56. The lowest BCUT2D eigenvalue weighted by Gasteiger charge is -2.13. The SMILES string of the molecule is c1ccc(/C2=c3\cc/c(s3)=C(\c3ccccc3)c3ccc([nH]3)Cc3c4c(c(p3-c3ccccc3)Cc3ccc2[nH]3)CCC4)cc1. The molecule has 1 aliphatic heterocycles. The summed E-state index contributed by atoms with van der Waals surface area (Å²) in [6.45, 7) is 0. The van der Waals surface area contributed by atoms with Crippen LogP contribution in [0, 0.1) is 0 Å². The highest BCUT2D eigenvalue weighted by Crippen LogP contribution is 2.55. The van der Waals surface area contributed by atoms with Crippen molar-refractivity contribution in [2.24, 2.45) is 0 Å². The first-order valence-corrected chi connectivity index (χ1v) is 18.1. The van der Waals surface area contributed by atoms with Gasteiger partial charge >= 0.3 is 0 Å². The second-order valence-corrected chi connectivity index (χ2v) is 15.5. The average Bonchev–Trinajstić information content (AvgIpc) is 3.92. The van der Waals surface area contributed by atoms with Crippen molar-refractivity contribution in [3.63, 3.8) is 0 Å². The first-order valence-electron chi connectivity index (χ1n) is 15.9. The maximum Gasteiger partial charge on any atom is 0.0476 e. The standard InChI is InChI=1S/C41H33N2PS/c1-4-11-27(12-5-1)40-34-21-19-29(42-34)25-36-32-17-10-18-33(32)37(44(36)31-15-8-3-9-16-31)26-30-20-22-35(43-30)41(28-13-6-2-7-14-28)39-24-23-38(40)45-39/h1-9,11-16,19-24,42-43H,10,17-18,25-26H2/b40-38-,41-39-. The molecule has 0 saturated heterocycles. The zero-order valence-electron chi connectivity index (χ0n) is 25.0. The summed E-state index contributed by atoms with van der Waals surface area (Å²) in [6.07, 6.45) is 5.62. The molecule has 0 unspecified atom stereocenters. The van der Waals surface area contributed by atoms with Gasteiger partial charge in [0.1, 0.15) is 0 Å². The zero-order chi connectivity index (χ0) is 29.7. The van der Waals surface area contributed by atoms with Gasteiger partial charge in [-0.15, -0.1) is 11.3 Å². The molecule has 9 rings (SSSR count). The van der Waals surface area contributed by atoms with Crippen molar-refractivity contribution in [3.8, 4) is 5.30 Å². The van der Waals surface area contributed by atoms with E-state index in [4.69, 9.17) is 0 Å². The number of aromatic amines is 2. The van der Waals surface area contributed by atoms with Crippen LogP contribution in [0.5, 0.6) is 0 Å². The van der Waals surface area contributed by atoms with Crippen LogP contribution in [0.15, 0.2) is 127 Å². The maximum absolute atomic E-state index is 3.94. The van der Waals surface area contributed by atoms with E-state index in [1.54, 1.807) is 21.7 Å². The largest absolute Gasteiger partial charge is 0.358 e. The van der Waals surface area contributed by atoms with Gasteiger partial charge in [0.05, 0.1) is 0 Å². The number of fused-ring (bicyclic) bond motifs is 11. The predicted molar refractivity (Wildman–Crippen MR) is 189 cm³/mol. The van der Waals surface area contributed by atoms with Gasteiger partial charge in [0, 0.05) is 55.8 Å². The van der Waals surface area contributed by atoms with Crippen LogP contribution in [-0.4, -0.2) is 9.97 Å². The van der Waals surface area contributed by atoms with E-state index in [-0.39, 0.29) is 0 Å². The number of aromatic nitrogens is 2.